The standard InChI is InChI=1S/C32H38N4O7/c1-4-43-31(40)36-21-25(28(37)30(39)35-16-14-33(2)15-17-35)23-18-24(27(42-3)19-26(23)36)29(38)34-12-10-32(41,11-13-34)20-22-8-6-5-7-9-22/h5-9,18-19,21,41H,4,10-17,20H2,1-3H3. The summed E-state index contributed by atoms with van der Waals surface area (Å²) in [5, 5.41) is 11.5. The van der Waals surface area contributed by atoms with Crippen LogP contribution in [0.5, 0.6) is 5.75 Å². The fourth-order valence-corrected chi connectivity index (χ4v) is 5.83. The highest BCUT2D eigenvalue weighted by atomic mass is 16.5. The zero-order chi connectivity index (χ0) is 30.7. The lowest BCUT2D eigenvalue weighted by molar-refractivity contribution is -0.127. The fourth-order valence-electron chi connectivity index (χ4n) is 5.83. The number of Topliss-reactive ketones (excluding diaryl/α,β-unsaturated/α-hetero) is 1. The molecule has 11 nitrogen and oxygen atoms in total. The molecule has 0 unspecified atom stereocenters. The van der Waals surface area contributed by atoms with Crippen LogP contribution in [0.4, 0.5) is 4.79 Å². The van der Waals surface area contributed by atoms with Crippen molar-refractivity contribution in [2.24, 2.45) is 0 Å². The van der Waals surface area contributed by atoms with Gasteiger partial charge in [0.1, 0.15) is 5.75 Å². The number of ketones is 1. The van der Waals surface area contributed by atoms with Crippen LogP contribution in [0, 0.1) is 0 Å². The molecule has 11 heteroatoms. The predicted octanol–water partition coefficient (Wildman–Crippen LogP) is 2.82. The van der Waals surface area contributed by atoms with Gasteiger partial charge < -0.3 is 29.3 Å². The molecule has 2 saturated heterocycles. The van der Waals surface area contributed by atoms with E-state index in [1.807, 2.05) is 37.4 Å². The number of benzene rings is 2. The number of aliphatic hydroxyl groups is 1. The minimum absolute atomic E-state index is 0.0135. The zero-order valence-corrected chi connectivity index (χ0v) is 24.9. The second-order valence-corrected chi connectivity index (χ2v) is 11.3. The molecule has 1 aromatic heterocycles. The van der Waals surface area contributed by atoms with Crippen LogP contribution >= 0.6 is 0 Å². The Morgan fingerprint density at radius 1 is 0.907 bits per heavy atom. The van der Waals surface area contributed by atoms with Crippen molar-refractivity contribution in [3.63, 3.8) is 0 Å². The summed E-state index contributed by atoms with van der Waals surface area (Å²) >= 11 is 0. The Bertz CT molecular complexity index is 1520. The molecule has 0 atom stereocenters. The highest BCUT2D eigenvalue weighted by molar-refractivity contribution is 6.45. The number of likely N-dealkylation sites (tertiary alicyclic amines) is 1. The topological polar surface area (TPSA) is 122 Å². The van der Waals surface area contributed by atoms with Crippen molar-refractivity contribution in [3.8, 4) is 5.75 Å². The van der Waals surface area contributed by atoms with Crippen LogP contribution in [-0.2, 0) is 16.0 Å². The summed E-state index contributed by atoms with van der Waals surface area (Å²) in [5.41, 5.74) is 0.612. The van der Waals surface area contributed by atoms with Crippen LogP contribution in [0.15, 0.2) is 48.7 Å². The summed E-state index contributed by atoms with van der Waals surface area (Å²) in [5.74, 6) is -1.53. The summed E-state index contributed by atoms with van der Waals surface area (Å²) < 4.78 is 11.9. The van der Waals surface area contributed by atoms with Gasteiger partial charge in [0.25, 0.3) is 17.6 Å². The lowest BCUT2D eigenvalue weighted by Gasteiger charge is -2.38. The molecule has 43 heavy (non-hydrogen) atoms. The monoisotopic (exact) mass is 590 g/mol. The SMILES string of the molecule is CCOC(=O)n1cc(C(=O)C(=O)N2CCN(C)CC2)c2cc(C(=O)N3CCC(O)(Cc4ccccc4)CC3)c(OC)cc21. The van der Waals surface area contributed by atoms with Gasteiger partial charge in [0.2, 0.25) is 0 Å². The first-order valence-corrected chi connectivity index (χ1v) is 14.6. The number of rotatable bonds is 7. The third-order valence-corrected chi connectivity index (χ3v) is 8.41. The van der Waals surface area contributed by atoms with E-state index in [1.165, 1.54) is 34.9 Å². The van der Waals surface area contributed by atoms with Crippen molar-refractivity contribution < 1.29 is 33.8 Å². The summed E-state index contributed by atoms with van der Waals surface area (Å²) in [6.45, 7) is 4.58. The van der Waals surface area contributed by atoms with E-state index in [1.54, 1.807) is 11.8 Å². The number of piperidine rings is 1. The number of ether oxygens (including phenoxy) is 2. The van der Waals surface area contributed by atoms with E-state index in [0.717, 1.165) is 5.56 Å². The third kappa shape index (κ3) is 6.28. The fraction of sp³-hybridized carbons (Fsp3) is 0.438. The average Bonchev–Trinajstić information content (AvgIpc) is 3.39. The van der Waals surface area contributed by atoms with Gasteiger partial charge >= 0.3 is 6.09 Å². The molecule has 0 aliphatic carbocycles. The maximum Gasteiger partial charge on any atom is 0.418 e. The van der Waals surface area contributed by atoms with Gasteiger partial charge in [0.15, 0.2) is 0 Å². The first kappa shape index (κ1) is 30.2. The van der Waals surface area contributed by atoms with E-state index < -0.39 is 23.4 Å². The molecule has 0 bridgehead atoms. The first-order valence-electron chi connectivity index (χ1n) is 14.6. The van der Waals surface area contributed by atoms with Crippen LogP contribution in [0.1, 0.15) is 46.0 Å². The second-order valence-electron chi connectivity index (χ2n) is 11.3. The normalized spacial score (nSPS) is 17.1. The van der Waals surface area contributed by atoms with Gasteiger partial charge in [0, 0.05) is 63.3 Å². The van der Waals surface area contributed by atoms with Crippen LogP contribution < -0.4 is 4.74 Å². The quantitative estimate of drug-likeness (QED) is 0.330. The van der Waals surface area contributed by atoms with E-state index in [4.69, 9.17) is 9.47 Å². The maximum atomic E-state index is 13.8. The number of piperazine rings is 1. The van der Waals surface area contributed by atoms with Gasteiger partial charge in [-0.25, -0.2) is 4.79 Å². The van der Waals surface area contributed by atoms with E-state index in [9.17, 15) is 24.3 Å². The number of likely N-dealkylation sites (N-methyl/N-ethyl adjacent to an activating group) is 1. The molecule has 228 valence electrons. The highest BCUT2D eigenvalue weighted by Crippen LogP contribution is 2.33. The van der Waals surface area contributed by atoms with Crippen LogP contribution in [0.3, 0.4) is 0 Å². The molecule has 0 radical (unpaired) electrons. The molecular weight excluding hydrogens is 552 g/mol. The molecule has 1 N–H and O–H groups in total. The Morgan fingerprint density at radius 2 is 1.58 bits per heavy atom. The maximum absolute atomic E-state index is 13.8. The van der Waals surface area contributed by atoms with E-state index >= 15 is 0 Å². The molecule has 3 aromatic rings. The summed E-state index contributed by atoms with van der Waals surface area (Å²) in [6, 6.07) is 12.8. The Morgan fingerprint density at radius 3 is 2.21 bits per heavy atom. The van der Waals surface area contributed by atoms with E-state index in [-0.39, 0.29) is 40.3 Å². The summed E-state index contributed by atoms with van der Waals surface area (Å²) in [6.07, 6.45) is 1.89. The second kappa shape index (κ2) is 12.6. The van der Waals surface area contributed by atoms with Gasteiger partial charge in [-0.2, -0.15) is 0 Å². The van der Waals surface area contributed by atoms with Crippen LogP contribution in [0.25, 0.3) is 10.9 Å². The number of nitrogens with zero attached hydrogens (tertiary/aromatic N) is 4. The van der Waals surface area contributed by atoms with Crippen LogP contribution in [0.2, 0.25) is 0 Å². The van der Waals surface area contributed by atoms with Gasteiger partial charge in [-0.15, -0.1) is 0 Å². The minimum atomic E-state index is -0.924. The highest BCUT2D eigenvalue weighted by Gasteiger charge is 2.36. The predicted molar refractivity (Wildman–Crippen MR) is 160 cm³/mol. The molecule has 2 fully saturated rings. The van der Waals surface area contributed by atoms with Gasteiger partial charge in [-0.3, -0.25) is 19.0 Å². The average molecular weight is 591 g/mol. The lowest BCUT2D eigenvalue weighted by Crippen LogP contribution is -2.49. The Labute approximate surface area is 250 Å². The Kier molecular flexibility index (Phi) is 8.84. The Balaban J connectivity index is 1.45. The number of amides is 2. The van der Waals surface area contributed by atoms with Crippen molar-refractivity contribution >= 4 is 34.6 Å². The van der Waals surface area contributed by atoms with Crippen molar-refractivity contribution in [3.05, 3.63) is 65.4 Å². The van der Waals surface area contributed by atoms with Gasteiger partial charge in [-0.05, 0) is 38.4 Å². The van der Waals surface area contributed by atoms with E-state index in [0.29, 0.717) is 58.5 Å². The largest absolute Gasteiger partial charge is 0.496 e. The van der Waals surface area contributed by atoms with Gasteiger partial charge in [-0.1, -0.05) is 30.3 Å². The molecule has 2 amide bonds. The number of fused-ring (bicyclic) bond motifs is 1. The molecule has 2 aliphatic heterocycles. The number of carbonyl (C=O) groups excluding carboxylic acids is 4. The molecule has 0 saturated carbocycles. The first-order chi connectivity index (χ1) is 20.6. The molecule has 2 aromatic carbocycles. The van der Waals surface area contributed by atoms with Crippen molar-refractivity contribution in [1.82, 2.24) is 19.3 Å². The van der Waals surface area contributed by atoms with Crippen molar-refractivity contribution in [1.29, 1.82) is 0 Å². The smallest absolute Gasteiger partial charge is 0.418 e. The number of methoxy groups -OCH3 is 1. The number of carbonyl (C=O) groups is 4. The van der Waals surface area contributed by atoms with Crippen molar-refractivity contribution in [2.45, 2.75) is 31.8 Å². The van der Waals surface area contributed by atoms with Crippen LogP contribution in [-0.4, -0.2) is 114 Å². The number of hydrogen-bond donors (Lipinski definition) is 1. The van der Waals surface area contributed by atoms with Crippen molar-refractivity contribution in [2.75, 3.05) is 60.0 Å². The minimum Gasteiger partial charge on any atom is -0.496 e. The molecular formula is C32H38N4O7. The van der Waals surface area contributed by atoms with Gasteiger partial charge in [0.05, 0.1) is 36.0 Å². The molecule has 0 spiro atoms. The Hall–Kier alpha value is -4.22. The molecule has 2 aliphatic rings. The summed E-state index contributed by atoms with van der Waals surface area (Å²) in [7, 11) is 3.38. The lowest BCUT2D eigenvalue weighted by atomic mass is 9.85. The number of aromatic nitrogens is 1. The summed E-state index contributed by atoms with van der Waals surface area (Å²) in [4.78, 5) is 58.7. The molecule has 5 rings (SSSR count). The van der Waals surface area contributed by atoms with E-state index in [2.05, 4.69) is 4.90 Å². The number of hydrogen-bond acceptors (Lipinski definition) is 8. The molecule has 3 heterocycles. The zero-order valence-electron chi connectivity index (χ0n) is 24.9. The third-order valence-electron chi connectivity index (χ3n) is 8.41.